The van der Waals surface area contributed by atoms with Crippen molar-refractivity contribution in [1.82, 2.24) is 10.2 Å². The van der Waals surface area contributed by atoms with E-state index < -0.39 is 36.0 Å². The first kappa shape index (κ1) is 21.2. The summed E-state index contributed by atoms with van der Waals surface area (Å²) in [7, 11) is 2.33. The van der Waals surface area contributed by atoms with Gasteiger partial charge in [0.15, 0.2) is 0 Å². The third kappa shape index (κ3) is 5.70. The zero-order valence-electron chi connectivity index (χ0n) is 15.9. The molecule has 1 heterocycles. The Hall–Kier alpha value is -3.10. The summed E-state index contributed by atoms with van der Waals surface area (Å²) in [5, 5.41) is 2.47. The molecule has 9 nitrogen and oxygen atoms in total. The Morgan fingerprint density at radius 2 is 1.86 bits per heavy atom. The van der Waals surface area contributed by atoms with Crippen LogP contribution in [0.15, 0.2) is 30.3 Å². The second-order valence-corrected chi connectivity index (χ2v) is 6.26. The number of ether oxygens (including phenoxy) is 3. The number of carbonyl (C=O) groups excluding carboxylic acids is 4. The van der Waals surface area contributed by atoms with Crippen molar-refractivity contribution >= 4 is 23.9 Å². The molecule has 1 aromatic carbocycles. The maximum atomic E-state index is 12.6. The number of methoxy groups -OCH3 is 2. The highest BCUT2D eigenvalue weighted by Crippen LogP contribution is 2.19. The zero-order valence-corrected chi connectivity index (χ0v) is 15.9. The average molecular weight is 392 g/mol. The molecule has 0 spiro atoms. The summed E-state index contributed by atoms with van der Waals surface area (Å²) in [4.78, 5) is 49.6. The van der Waals surface area contributed by atoms with Crippen LogP contribution >= 0.6 is 0 Å². The van der Waals surface area contributed by atoms with E-state index in [4.69, 9.17) is 4.74 Å². The van der Waals surface area contributed by atoms with E-state index in [-0.39, 0.29) is 13.0 Å². The van der Waals surface area contributed by atoms with Crippen LogP contribution in [0.3, 0.4) is 0 Å². The summed E-state index contributed by atoms with van der Waals surface area (Å²) >= 11 is 0. The van der Waals surface area contributed by atoms with Gasteiger partial charge in [-0.3, -0.25) is 14.5 Å². The van der Waals surface area contributed by atoms with Crippen molar-refractivity contribution in [3.8, 4) is 0 Å². The number of hydrogen-bond donors (Lipinski definition) is 1. The van der Waals surface area contributed by atoms with Crippen molar-refractivity contribution < 1.29 is 33.4 Å². The van der Waals surface area contributed by atoms with Crippen LogP contribution < -0.4 is 5.32 Å². The topological polar surface area (TPSA) is 111 Å². The number of nitrogens with one attached hydrogen (secondary N) is 1. The SMILES string of the molecule is COC(=O)C[C@@H](NC(=O)[C@H]1CCCN1C(=O)OCc1ccccc1)C(=O)OC. The van der Waals surface area contributed by atoms with E-state index in [0.29, 0.717) is 19.4 Å². The second kappa shape index (κ2) is 10.3. The molecule has 1 aromatic rings. The summed E-state index contributed by atoms with van der Waals surface area (Å²) in [5.74, 6) is -1.98. The lowest BCUT2D eigenvalue weighted by Gasteiger charge is -2.25. The van der Waals surface area contributed by atoms with Crippen molar-refractivity contribution in [1.29, 1.82) is 0 Å². The molecule has 1 aliphatic rings. The van der Waals surface area contributed by atoms with Crippen LogP contribution in [-0.2, 0) is 35.2 Å². The molecule has 9 heteroatoms. The molecule has 0 bridgehead atoms. The number of hydrogen-bond acceptors (Lipinski definition) is 7. The summed E-state index contributed by atoms with van der Waals surface area (Å²) < 4.78 is 14.4. The molecule has 2 atom stereocenters. The molecule has 152 valence electrons. The van der Waals surface area contributed by atoms with Gasteiger partial charge < -0.3 is 19.5 Å². The smallest absolute Gasteiger partial charge is 0.410 e. The largest absolute Gasteiger partial charge is 0.469 e. The Morgan fingerprint density at radius 3 is 2.50 bits per heavy atom. The number of nitrogens with zero attached hydrogens (tertiary/aromatic N) is 1. The van der Waals surface area contributed by atoms with Gasteiger partial charge in [-0.2, -0.15) is 0 Å². The van der Waals surface area contributed by atoms with Crippen molar-refractivity contribution in [3.63, 3.8) is 0 Å². The first-order chi connectivity index (χ1) is 13.5. The lowest BCUT2D eigenvalue weighted by Crippen LogP contribution is -2.51. The van der Waals surface area contributed by atoms with Gasteiger partial charge in [0.2, 0.25) is 5.91 Å². The molecule has 28 heavy (non-hydrogen) atoms. The Balaban J connectivity index is 1.97. The Labute approximate surface area is 162 Å². The minimum absolute atomic E-state index is 0.0949. The van der Waals surface area contributed by atoms with E-state index in [1.165, 1.54) is 12.0 Å². The van der Waals surface area contributed by atoms with Crippen LogP contribution in [0.2, 0.25) is 0 Å². The van der Waals surface area contributed by atoms with Crippen LogP contribution in [0.25, 0.3) is 0 Å². The number of carbonyl (C=O) groups is 4. The molecule has 1 fully saturated rings. The van der Waals surface area contributed by atoms with Crippen LogP contribution in [0.1, 0.15) is 24.8 Å². The van der Waals surface area contributed by atoms with Crippen molar-refractivity contribution in [2.45, 2.75) is 38.0 Å². The lowest BCUT2D eigenvalue weighted by molar-refractivity contribution is -0.151. The second-order valence-electron chi connectivity index (χ2n) is 6.26. The van der Waals surface area contributed by atoms with Crippen LogP contribution in [0.4, 0.5) is 4.79 Å². The third-order valence-corrected chi connectivity index (χ3v) is 4.40. The predicted molar refractivity (Wildman–Crippen MR) is 96.9 cm³/mol. The summed E-state index contributed by atoms with van der Waals surface area (Å²) in [6.45, 7) is 0.462. The minimum Gasteiger partial charge on any atom is -0.469 e. The van der Waals surface area contributed by atoms with E-state index in [2.05, 4.69) is 14.8 Å². The van der Waals surface area contributed by atoms with Gasteiger partial charge in [0.1, 0.15) is 18.7 Å². The fraction of sp³-hybridized carbons (Fsp3) is 0.474. The summed E-state index contributed by atoms with van der Waals surface area (Å²) in [6.07, 6.45) is 0.0840. The highest BCUT2D eigenvalue weighted by molar-refractivity contribution is 5.91. The lowest BCUT2D eigenvalue weighted by atomic mass is 10.1. The standard InChI is InChI=1S/C19H24N2O7/c1-26-16(22)11-14(18(24)27-2)20-17(23)15-9-6-10-21(15)19(25)28-12-13-7-4-3-5-8-13/h3-5,7-8,14-15H,6,9-12H2,1-2H3,(H,20,23)/t14-,15-/m1/s1. The quantitative estimate of drug-likeness (QED) is 0.544. The van der Waals surface area contributed by atoms with Crippen LogP contribution in [0.5, 0.6) is 0 Å². The van der Waals surface area contributed by atoms with Gasteiger partial charge in [-0.1, -0.05) is 30.3 Å². The monoisotopic (exact) mass is 392 g/mol. The van der Waals surface area contributed by atoms with E-state index in [0.717, 1.165) is 12.7 Å². The number of rotatable bonds is 7. The number of esters is 2. The van der Waals surface area contributed by atoms with Crippen LogP contribution in [-0.4, -0.2) is 61.7 Å². The van der Waals surface area contributed by atoms with Gasteiger partial charge in [-0.05, 0) is 18.4 Å². The molecule has 1 N–H and O–H groups in total. The highest BCUT2D eigenvalue weighted by Gasteiger charge is 2.37. The van der Waals surface area contributed by atoms with Gasteiger partial charge in [-0.15, -0.1) is 0 Å². The Morgan fingerprint density at radius 1 is 1.14 bits per heavy atom. The van der Waals surface area contributed by atoms with Gasteiger partial charge in [0, 0.05) is 6.54 Å². The van der Waals surface area contributed by atoms with E-state index >= 15 is 0 Å². The van der Waals surface area contributed by atoms with Crippen molar-refractivity contribution in [3.05, 3.63) is 35.9 Å². The highest BCUT2D eigenvalue weighted by atomic mass is 16.6. The molecule has 0 radical (unpaired) electrons. The number of benzene rings is 1. The normalized spacial score (nSPS) is 16.8. The maximum Gasteiger partial charge on any atom is 0.410 e. The van der Waals surface area contributed by atoms with Gasteiger partial charge in [0.05, 0.1) is 20.6 Å². The van der Waals surface area contributed by atoms with Crippen LogP contribution in [0, 0.1) is 0 Å². The van der Waals surface area contributed by atoms with Gasteiger partial charge in [0.25, 0.3) is 0 Å². The maximum absolute atomic E-state index is 12.6. The summed E-state index contributed by atoms with van der Waals surface area (Å²) in [5.41, 5.74) is 0.833. The van der Waals surface area contributed by atoms with E-state index in [1.807, 2.05) is 30.3 Å². The molecule has 2 amide bonds. The molecule has 1 aliphatic heterocycles. The van der Waals surface area contributed by atoms with Crippen molar-refractivity contribution in [2.75, 3.05) is 20.8 Å². The molecule has 0 aliphatic carbocycles. The molecule has 0 aromatic heterocycles. The third-order valence-electron chi connectivity index (χ3n) is 4.40. The van der Waals surface area contributed by atoms with E-state index in [9.17, 15) is 19.2 Å². The Kier molecular flexibility index (Phi) is 7.79. The molecular weight excluding hydrogens is 368 g/mol. The molecule has 1 saturated heterocycles. The summed E-state index contributed by atoms with van der Waals surface area (Å²) in [6, 6.07) is 7.22. The van der Waals surface area contributed by atoms with Gasteiger partial charge in [-0.25, -0.2) is 9.59 Å². The van der Waals surface area contributed by atoms with E-state index in [1.54, 1.807) is 0 Å². The fourth-order valence-electron chi connectivity index (χ4n) is 2.91. The van der Waals surface area contributed by atoms with Gasteiger partial charge >= 0.3 is 18.0 Å². The number of likely N-dealkylation sites (tertiary alicyclic amines) is 1. The predicted octanol–water partition coefficient (Wildman–Crippen LogP) is 1.01. The number of amides is 2. The first-order valence-electron chi connectivity index (χ1n) is 8.88. The molecular formula is C19H24N2O7. The Bertz CT molecular complexity index is 707. The molecule has 0 unspecified atom stereocenters. The molecule has 0 saturated carbocycles. The fourth-order valence-corrected chi connectivity index (χ4v) is 2.91. The van der Waals surface area contributed by atoms with Crippen molar-refractivity contribution in [2.24, 2.45) is 0 Å². The average Bonchev–Trinajstić information content (AvgIpc) is 3.21. The minimum atomic E-state index is -1.19. The molecule has 2 rings (SSSR count). The zero-order chi connectivity index (χ0) is 20.5. The first-order valence-corrected chi connectivity index (χ1v) is 8.88.